The summed E-state index contributed by atoms with van der Waals surface area (Å²) in [5.41, 5.74) is 1.60. The van der Waals surface area contributed by atoms with Crippen LogP contribution in [-0.2, 0) is 4.79 Å². The highest BCUT2D eigenvalue weighted by Gasteiger charge is 2.44. The van der Waals surface area contributed by atoms with Crippen LogP contribution in [0.3, 0.4) is 0 Å². The number of rotatable bonds is 3. The first-order chi connectivity index (χ1) is 17.0. The fourth-order valence-corrected chi connectivity index (χ4v) is 6.50. The topological polar surface area (TPSA) is 60.0 Å². The second kappa shape index (κ2) is 9.13. The van der Waals surface area contributed by atoms with Gasteiger partial charge < -0.3 is 19.6 Å². The molecule has 5 heterocycles. The lowest BCUT2D eigenvalue weighted by Crippen LogP contribution is -2.60. The fraction of sp³-hybridized carbons (Fsp3) is 0.519. The molecule has 1 aromatic heterocycles. The van der Waals surface area contributed by atoms with Crippen LogP contribution in [0, 0.1) is 17.7 Å². The second-order valence-electron chi connectivity index (χ2n) is 10.4. The Kier molecular flexibility index (Phi) is 5.82. The first-order valence-electron chi connectivity index (χ1n) is 12.9. The monoisotopic (exact) mass is 477 g/mol. The van der Waals surface area contributed by atoms with Crippen molar-refractivity contribution in [3.8, 4) is 0 Å². The van der Waals surface area contributed by atoms with Crippen LogP contribution in [0.15, 0.2) is 42.6 Å². The van der Waals surface area contributed by atoms with Crippen molar-refractivity contribution in [2.45, 2.75) is 31.7 Å². The predicted molar refractivity (Wildman–Crippen MR) is 132 cm³/mol. The molecule has 2 aromatic rings. The summed E-state index contributed by atoms with van der Waals surface area (Å²) in [7, 11) is 0. The molecule has 4 saturated heterocycles. The van der Waals surface area contributed by atoms with Gasteiger partial charge in [-0.3, -0.25) is 9.59 Å². The standard InChI is InChI=1S/C27H32FN5O2/c28-22-5-7-23(8-6-22)30-10-12-31(13-11-30)27(35)20-4-9-25(29-15-20)32-16-19-14-21(18-32)24-2-1-3-26(34)33(24)17-19/h4-9,15,19,21,24H,1-3,10-14,16-18H2/t19-,21-,24-/m1/s1. The Balaban J connectivity index is 1.07. The van der Waals surface area contributed by atoms with E-state index in [0.29, 0.717) is 48.9 Å². The highest BCUT2D eigenvalue weighted by molar-refractivity contribution is 5.94. The van der Waals surface area contributed by atoms with Crippen molar-refractivity contribution >= 4 is 23.3 Å². The fourth-order valence-electron chi connectivity index (χ4n) is 6.50. The highest BCUT2D eigenvalue weighted by atomic mass is 19.1. The summed E-state index contributed by atoms with van der Waals surface area (Å²) in [6, 6.07) is 10.8. The van der Waals surface area contributed by atoms with E-state index in [1.807, 2.05) is 17.0 Å². The first kappa shape index (κ1) is 22.3. The number of nitrogens with zero attached hydrogens (tertiary/aromatic N) is 5. The van der Waals surface area contributed by atoms with Gasteiger partial charge in [-0.25, -0.2) is 9.37 Å². The van der Waals surface area contributed by atoms with Gasteiger partial charge in [0, 0.05) is 70.2 Å². The molecular weight excluding hydrogens is 445 g/mol. The number of hydrogen-bond donors (Lipinski definition) is 0. The van der Waals surface area contributed by atoms with E-state index < -0.39 is 0 Å². The highest BCUT2D eigenvalue weighted by Crippen LogP contribution is 2.38. The molecule has 35 heavy (non-hydrogen) atoms. The Hall–Kier alpha value is -3.16. The molecule has 2 amide bonds. The van der Waals surface area contributed by atoms with E-state index >= 15 is 0 Å². The third-order valence-electron chi connectivity index (χ3n) is 8.26. The molecule has 8 heteroatoms. The van der Waals surface area contributed by atoms with Crippen molar-refractivity contribution in [3.63, 3.8) is 0 Å². The number of pyridine rings is 1. The van der Waals surface area contributed by atoms with E-state index in [9.17, 15) is 14.0 Å². The maximum Gasteiger partial charge on any atom is 0.255 e. The van der Waals surface area contributed by atoms with E-state index in [4.69, 9.17) is 0 Å². The number of hydrogen-bond acceptors (Lipinski definition) is 5. The van der Waals surface area contributed by atoms with Gasteiger partial charge in [0.15, 0.2) is 0 Å². The van der Waals surface area contributed by atoms with Crippen LogP contribution in [0.5, 0.6) is 0 Å². The number of aromatic nitrogens is 1. The Labute approximate surface area is 205 Å². The summed E-state index contributed by atoms with van der Waals surface area (Å²) in [4.78, 5) is 38.7. The van der Waals surface area contributed by atoms with Crippen molar-refractivity contribution in [2.75, 3.05) is 55.6 Å². The molecular formula is C27H32FN5O2. The van der Waals surface area contributed by atoms with Crippen LogP contribution in [0.4, 0.5) is 15.9 Å². The van der Waals surface area contributed by atoms with E-state index in [1.54, 1.807) is 18.3 Å². The average Bonchev–Trinajstić information content (AvgIpc) is 2.89. The zero-order valence-corrected chi connectivity index (χ0v) is 20.0. The molecule has 4 aliphatic rings. The Bertz CT molecular complexity index is 1080. The van der Waals surface area contributed by atoms with E-state index in [0.717, 1.165) is 57.1 Å². The largest absolute Gasteiger partial charge is 0.368 e. The van der Waals surface area contributed by atoms with Crippen LogP contribution in [0.25, 0.3) is 0 Å². The zero-order valence-electron chi connectivity index (χ0n) is 20.0. The van der Waals surface area contributed by atoms with Crippen molar-refractivity contribution in [1.82, 2.24) is 14.8 Å². The first-order valence-corrected chi connectivity index (χ1v) is 12.9. The van der Waals surface area contributed by atoms with Crippen molar-refractivity contribution in [3.05, 3.63) is 54.0 Å². The smallest absolute Gasteiger partial charge is 0.255 e. The molecule has 0 radical (unpaired) electrons. The van der Waals surface area contributed by atoms with Crippen LogP contribution in [0.2, 0.25) is 0 Å². The Morgan fingerprint density at radius 2 is 1.74 bits per heavy atom. The van der Waals surface area contributed by atoms with E-state index in [-0.39, 0.29) is 11.7 Å². The van der Waals surface area contributed by atoms with Crippen molar-refractivity contribution in [1.29, 1.82) is 0 Å². The molecule has 6 rings (SSSR count). The maximum absolute atomic E-state index is 13.2. The quantitative estimate of drug-likeness (QED) is 0.680. The minimum absolute atomic E-state index is 0.00896. The van der Waals surface area contributed by atoms with Crippen LogP contribution in [0.1, 0.15) is 36.0 Å². The third-order valence-corrected chi connectivity index (χ3v) is 8.26. The summed E-state index contributed by atoms with van der Waals surface area (Å²) in [6.07, 6.45) is 5.74. The molecule has 2 bridgehead atoms. The maximum atomic E-state index is 13.2. The Morgan fingerprint density at radius 3 is 2.49 bits per heavy atom. The number of amides is 2. The lowest BCUT2D eigenvalue weighted by Gasteiger charge is -2.52. The third kappa shape index (κ3) is 4.34. The number of anilines is 2. The predicted octanol–water partition coefficient (Wildman–Crippen LogP) is 3.02. The molecule has 4 fully saturated rings. The van der Waals surface area contributed by atoms with Crippen molar-refractivity contribution < 1.29 is 14.0 Å². The zero-order chi connectivity index (χ0) is 23.9. The van der Waals surface area contributed by atoms with E-state index in [1.165, 1.54) is 18.6 Å². The van der Waals surface area contributed by atoms with Gasteiger partial charge in [0.25, 0.3) is 5.91 Å². The van der Waals surface area contributed by atoms with Gasteiger partial charge in [0.2, 0.25) is 5.91 Å². The molecule has 1 aromatic carbocycles. The number of carbonyl (C=O) groups is 2. The summed E-state index contributed by atoms with van der Waals surface area (Å²) >= 11 is 0. The summed E-state index contributed by atoms with van der Waals surface area (Å²) in [5, 5.41) is 0. The molecule has 4 aliphatic heterocycles. The molecule has 0 saturated carbocycles. The number of halogens is 1. The van der Waals surface area contributed by atoms with Gasteiger partial charge in [-0.05, 0) is 67.5 Å². The lowest BCUT2D eigenvalue weighted by atomic mass is 9.76. The summed E-state index contributed by atoms with van der Waals surface area (Å²) in [6.45, 7) is 5.42. The van der Waals surface area contributed by atoms with Crippen molar-refractivity contribution in [2.24, 2.45) is 11.8 Å². The van der Waals surface area contributed by atoms with Gasteiger partial charge in [0.05, 0.1) is 5.56 Å². The lowest BCUT2D eigenvalue weighted by molar-refractivity contribution is -0.142. The SMILES string of the molecule is O=C(c1ccc(N2C[C@H]3C[C@H](C2)[C@H]2CCCC(=O)N2C3)nc1)N1CCN(c2ccc(F)cc2)CC1. The van der Waals surface area contributed by atoms with Crippen LogP contribution in [-0.4, -0.2) is 78.5 Å². The van der Waals surface area contributed by atoms with Gasteiger partial charge in [-0.1, -0.05) is 0 Å². The minimum Gasteiger partial charge on any atom is -0.368 e. The number of piperidine rings is 3. The van der Waals surface area contributed by atoms with Gasteiger partial charge in [0.1, 0.15) is 11.6 Å². The molecule has 3 atom stereocenters. The Morgan fingerprint density at radius 1 is 0.943 bits per heavy atom. The van der Waals surface area contributed by atoms with Crippen LogP contribution < -0.4 is 9.80 Å². The second-order valence-corrected chi connectivity index (χ2v) is 10.4. The van der Waals surface area contributed by atoms with Gasteiger partial charge in [-0.15, -0.1) is 0 Å². The normalized spacial score (nSPS) is 26.5. The molecule has 0 N–H and O–H groups in total. The number of fused-ring (bicyclic) bond motifs is 4. The molecule has 0 spiro atoms. The molecule has 0 unspecified atom stereocenters. The molecule has 184 valence electrons. The summed E-state index contributed by atoms with van der Waals surface area (Å²) < 4.78 is 13.2. The van der Waals surface area contributed by atoms with Gasteiger partial charge in [-0.2, -0.15) is 0 Å². The molecule has 7 nitrogen and oxygen atoms in total. The van der Waals surface area contributed by atoms with E-state index in [2.05, 4.69) is 19.7 Å². The number of piperazine rings is 1. The van der Waals surface area contributed by atoms with Crippen LogP contribution >= 0.6 is 0 Å². The average molecular weight is 478 g/mol. The summed E-state index contributed by atoms with van der Waals surface area (Å²) in [5.74, 6) is 2.03. The van der Waals surface area contributed by atoms with Gasteiger partial charge >= 0.3 is 0 Å². The molecule has 0 aliphatic carbocycles. The number of carbonyl (C=O) groups excluding carboxylic acids is 2. The number of benzene rings is 1. The minimum atomic E-state index is -0.239.